The third kappa shape index (κ3) is 3.08. The van der Waals surface area contributed by atoms with Gasteiger partial charge in [-0.3, -0.25) is 0 Å². The second-order valence-electron chi connectivity index (χ2n) is 8.15. The van der Waals surface area contributed by atoms with E-state index in [1.54, 1.807) is 0 Å². The number of benzene rings is 4. The number of nitrogens with one attached hydrogen (secondary N) is 1. The van der Waals surface area contributed by atoms with E-state index < -0.39 is 0 Å². The number of rotatable bonds is 2. The normalized spacial score (nSPS) is 12.2. The van der Waals surface area contributed by atoms with Gasteiger partial charge in [0.1, 0.15) is 11.4 Å². The number of hydrogen-bond acceptors (Lipinski definition) is 3. The fourth-order valence-corrected chi connectivity index (χ4v) is 4.12. The molecule has 1 N–H and O–H groups in total. The van der Waals surface area contributed by atoms with Crippen molar-refractivity contribution in [2.24, 2.45) is 4.99 Å². The van der Waals surface area contributed by atoms with Crippen LogP contribution in [0.5, 0.6) is 0 Å². The maximum atomic E-state index is 6.40. The van der Waals surface area contributed by atoms with E-state index >= 15 is 0 Å². The Morgan fingerprint density at radius 2 is 1.62 bits per heavy atom. The Kier molecular flexibility index (Phi) is 4.18. The summed E-state index contributed by atoms with van der Waals surface area (Å²) in [7, 11) is 0. The van der Waals surface area contributed by atoms with Crippen molar-refractivity contribution in [1.82, 2.24) is 9.97 Å². The summed E-state index contributed by atoms with van der Waals surface area (Å²) in [5, 5.41) is 3.35. The largest absolute Gasteiger partial charge is 0.438 e. The number of imidazole rings is 1. The molecule has 4 nitrogen and oxygen atoms in total. The summed E-state index contributed by atoms with van der Waals surface area (Å²) in [6.07, 6.45) is 0. The van der Waals surface area contributed by atoms with Gasteiger partial charge in [-0.1, -0.05) is 48.5 Å². The number of H-pyrrole nitrogens is 1. The van der Waals surface area contributed by atoms with Crippen LogP contribution in [-0.2, 0) is 0 Å². The fraction of sp³-hybridized carbons (Fsp3) is 0.0714. The fourth-order valence-electron chi connectivity index (χ4n) is 4.12. The van der Waals surface area contributed by atoms with Gasteiger partial charge in [-0.2, -0.15) is 0 Å². The van der Waals surface area contributed by atoms with Crippen LogP contribution >= 0.6 is 0 Å². The van der Waals surface area contributed by atoms with Crippen LogP contribution in [0.4, 0.5) is 5.69 Å². The van der Waals surface area contributed by atoms with Gasteiger partial charge < -0.3 is 9.40 Å². The smallest absolute Gasteiger partial charge is 0.230 e. The molecular weight excluding hydrogens is 394 g/mol. The van der Waals surface area contributed by atoms with Gasteiger partial charge in [-0.15, -0.1) is 0 Å². The molecule has 0 fully saturated rings. The zero-order valence-corrected chi connectivity index (χ0v) is 17.9. The lowest BCUT2D eigenvalue weighted by atomic mass is 10.0. The summed E-state index contributed by atoms with van der Waals surface area (Å²) >= 11 is 0. The highest BCUT2D eigenvalue weighted by Crippen LogP contribution is 2.28. The van der Waals surface area contributed by atoms with Crippen molar-refractivity contribution in [3.05, 3.63) is 102 Å². The van der Waals surface area contributed by atoms with E-state index in [2.05, 4.69) is 67.4 Å². The van der Waals surface area contributed by atoms with Gasteiger partial charge in [0.05, 0.1) is 22.3 Å². The van der Waals surface area contributed by atoms with Crippen LogP contribution in [0.25, 0.3) is 44.2 Å². The van der Waals surface area contributed by atoms with E-state index in [-0.39, 0.29) is 0 Å². The summed E-state index contributed by atoms with van der Waals surface area (Å²) in [6, 6.07) is 28.8. The summed E-state index contributed by atoms with van der Waals surface area (Å²) in [4.78, 5) is 13.2. The second kappa shape index (κ2) is 7.20. The van der Waals surface area contributed by atoms with E-state index in [1.807, 2.05) is 36.4 Å². The van der Waals surface area contributed by atoms with Crippen LogP contribution in [0.1, 0.15) is 11.1 Å². The van der Waals surface area contributed by atoms with Gasteiger partial charge >= 0.3 is 0 Å². The van der Waals surface area contributed by atoms with Crippen molar-refractivity contribution in [1.29, 1.82) is 0 Å². The van der Waals surface area contributed by atoms with Crippen LogP contribution in [0.15, 0.2) is 94.3 Å². The molecule has 0 saturated heterocycles. The topological polar surface area (TPSA) is 54.2 Å². The molecule has 0 spiro atoms. The Morgan fingerprint density at radius 3 is 2.50 bits per heavy atom. The molecule has 2 aromatic heterocycles. The molecule has 32 heavy (non-hydrogen) atoms. The molecule has 0 unspecified atom stereocenters. The summed E-state index contributed by atoms with van der Waals surface area (Å²) in [5.74, 6) is 0.743. The molecule has 0 atom stereocenters. The van der Waals surface area contributed by atoms with Gasteiger partial charge in [0.15, 0.2) is 0 Å². The molecule has 6 aromatic rings. The SMILES string of the molecule is Cc1ccc(N=c2oc3ccc4ccccc4c3cc2-c2nc3ccccc3[nH]2)cc1C. The predicted octanol–water partition coefficient (Wildman–Crippen LogP) is 6.98. The van der Waals surface area contributed by atoms with Gasteiger partial charge in [-0.05, 0) is 72.1 Å². The van der Waals surface area contributed by atoms with E-state index in [0.29, 0.717) is 5.55 Å². The van der Waals surface area contributed by atoms with E-state index in [1.165, 1.54) is 16.5 Å². The first-order chi connectivity index (χ1) is 15.7. The molecule has 0 saturated carbocycles. The van der Waals surface area contributed by atoms with Crippen LogP contribution in [0.2, 0.25) is 0 Å². The lowest BCUT2D eigenvalue weighted by Crippen LogP contribution is -2.06. The molecule has 2 heterocycles. The quantitative estimate of drug-likeness (QED) is 0.310. The first-order valence-electron chi connectivity index (χ1n) is 10.7. The number of fused-ring (bicyclic) bond motifs is 4. The molecular formula is C28H21N3O. The van der Waals surface area contributed by atoms with Gasteiger partial charge in [0, 0.05) is 5.39 Å². The lowest BCUT2D eigenvalue weighted by molar-refractivity contribution is 0.547. The minimum Gasteiger partial charge on any atom is -0.438 e. The molecule has 6 rings (SSSR count). The Morgan fingerprint density at radius 1 is 0.781 bits per heavy atom. The summed E-state index contributed by atoms with van der Waals surface area (Å²) in [5.41, 5.74) is 7.36. The Labute approximate surface area is 184 Å². The number of nitrogens with zero attached hydrogens (tertiary/aromatic N) is 2. The van der Waals surface area contributed by atoms with Gasteiger partial charge in [0.25, 0.3) is 0 Å². The maximum absolute atomic E-state index is 6.40. The first-order valence-corrected chi connectivity index (χ1v) is 10.7. The molecule has 4 heteroatoms. The average Bonchev–Trinajstić information content (AvgIpc) is 3.25. The second-order valence-corrected chi connectivity index (χ2v) is 8.15. The van der Waals surface area contributed by atoms with Crippen molar-refractivity contribution >= 4 is 38.5 Å². The minimum absolute atomic E-state index is 0.537. The standard InChI is InChI=1S/C28H21N3O/c1-17-11-13-20(15-18(17)2)29-28-23(27-30-24-9-5-6-10-25(24)31-27)16-22-21-8-4-3-7-19(21)12-14-26(22)32-28/h3-16H,1-2H3,(H,30,31). The van der Waals surface area contributed by atoms with E-state index in [9.17, 15) is 0 Å². The third-order valence-corrected chi connectivity index (χ3v) is 6.02. The zero-order valence-electron chi connectivity index (χ0n) is 17.9. The average molecular weight is 415 g/mol. The number of para-hydroxylation sites is 2. The van der Waals surface area contributed by atoms with Gasteiger partial charge in [0.2, 0.25) is 5.55 Å². The van der Waals surface area contributed by atoms with Crippen molar-refractivity contribution in [3.63, 3.8) is 0 Å². The lowest BCUT2D eigenvalue weighted by Gasteiger charge is -2.07. The number of aromatic amines is 1. The predicted molar refractivity (Wildman–Crippen MR) is 130 cm³/mol. The van der Waals surface area contributed by atoms with Crippen molar-refractivity contribution in [2.45, 2.75) is 13.8 Å². The molecule has 0 aliphatic heterocycles. The van der Waals surface area contributed by atoms with E-state index in [0.717, 1.165) is 44.5 Å². The first kappa shape index (κ1) is 18.6. The summed E-state index contributed by atoms with van der Waals surface area (Å²) in [6.45, 7) is 4.20. The highest BCUT2D eigenvalue weighted by Gasteiger charge is 2.13. The monoisotopic (exact) mass is 415 g/mol. The number of hydrogen-bond donors (Lipinski definition) is 1. The molecule has 4 aromatic carbocycles. The Hall–Kier alpha value is -4.18. The van der Waals surface area contributed by atoms with Crippen molar-refractivity contribution < 1.29 is 4.42 Å². The Balaban J connectivity index is 1.69. The third-order valence-electron chi connectivity index (χ3n) is 6.02. The van der Waals surface area contributed by atoms with Crippen LogP contribution < -0.4 is 5.55 Å². The zero-order chi connectivity index (χ0) is 21.7. The molecule has 0 radical (unpaired) electrons. The minimum atomic E-state index is 0.537. The van der Waals surface area contributed by atoms with Gasteiger partial charge in [-0.25, -0.2) is 9.98 Å². The number of aromatic nitrogens is 2. The van der Waals surface area contributed by atoms with E-state index in [4.69, 9.17) is 14.4 Å². The number of aryl methyl sites for hydroxylation is 2. The maximum Gasteiger partial charge on any atom is 0.230 e. The highest BCUT2D eigenvalue weighted by molar-refractivity contribution is 6.06. The molecule has 0 aliphatic rings. The van der Waals surface area contributed by atoms with Crippen molar-refractivity contribution in [3.8, 4) is 11.4 Å². The van der Waals surface area contributed by atoms with Crippen LogP contribution in [0, 0.1) is 13.8 Å². The highest BCUT2D eigenvalue weighted by atomic mass is 16.3. The molecule has 0 amide bonds. The molecule has 0 aliphatic carbocycles. The Bertz CT molecular complexity index is 1670. The van der Waals surface area contributed by atoms with Crippen molar-refractivity contribution in [2.75, 3.05) is 0 Å². The van der Waals surface area contributed by atoms with Crippen LogP contribution in [-0.4, -0.2) is 9.97 Å². The summed E-state index contributed by atoms with van der Waals surface area (Å²) < 4.78 is 6.40. The molecule has 154 valence electrons. The van der Waals surface area contributed by atoms with Crippen LogP contribution in [0.3, 0.4) is 0 Å². The molecule has 0 bridgehead atoms.